The summed E-state index contributed by atoms with van der Waals surface area (Å²) in [6.45, 7) is 3.03. The van der Waals surface area contributed by atoms with Gasteiger partial charge in [-0.2, -0.15) is 5.10 Å². The molecule has 0 atom stereocenters. The standard InChI is InChI=1S/C18H19N3O3S/c1-12(13-3-8-16-17(11-13)24-10-9-23-16)20-21-18(25)19-14-4-6-15(22-2)7-5-14/h3-8,11H,9-10H2,1-2H3,(H2,19,21,25)/b20-12+. The van der Waals surface area contributed by atoms with E-state index in [0.717, 1.165) is 34.2 Å². The molecule has 2 aromatic carbocycles. The predicted molar refractivity (Wildman–Crippen MR) is 102 cm³/mol. The molecule has 0 radical (unpaired) electrons. The quantitative estimate of drug-likeness (QED) is 0.498. The minimum absolute atomic E-state index is 0.405. The van der Waals surface area contributed by atoms with E-state index in [1.54, 1.807) is 7.11 Å². The van der Waals surface area contributed by atoms with E-state index in [2.05, 4.69) is 15.8 Å². The summed E-state index contributed by atoms with van der Waals surface area (Å²) in [6, 6.07) is 13.2. The van der Waals surface area contributed by atoms with Crippen LogP contribution in [0.1, 0.15) is 12.5 Å². The lowest BCUT2D eigenvalue weighted by Gasteiger charge is -2.18. The number of nitrogens with zero attached hydrogens (tertiary/aromatic N) is 1. The van der Waals surface area contributed by atoms with E-state index in [0.29, 0.717) is 18.3 Å². The molecule has 3 rings (SSSR count). The van der Waals surface area contributed by atoms with E-state index in [-0.39, 0.29) is 0 Å². The first-order valence-electron chi connectivity index (χ1n) is 7.81. The molecule has 0 amide bonds. The average Bonchev–Trinajstić information content (AvgIpc) is 2.66. The molecule has 130 valence electrons. The lowest BCUT2D eigenvalue weighted by molar-refractivity contribution is 0.171. The molecule has 0 aliphatic carbocycles. The molecule has 1 aliphatic rings. The molecule has 7 heteroatoms. The Kier molecular flexibility index (Phi) is 5.35. The van der Waals surface area contributed by atoms with Crippen LogP contribution in [0.25, 0.3) is 0 Å². The molecule has 0 unspecified atom stereocenters. The predicted octanol–water partition coefficient (Wildman–Crippen LogP) is 3.18. The number of methoxy groups -OCH3 is 1. The zero-order chi connectivity index (χ0) is 17.6. The van der Waals surface area contributed by atoms with Gasteiger partial charge in [0.05, 0.1) is 12.8 Å². The fourth-order valence-electron chi connectivity index (χ4n) is 2.30. The molecular formula is C18H19N3O3S. The maximum Gasteiger partial charge on any atom is 0.191 e. The summed E-state index contributed by atoms with van der Waals surface area (Å²) in [6.07, 6.45) is 0. The maximum atomic E-state index is 5.59. The van der Waals surface area contributed by atoms with Gasteiger partial charge in [-0.1, -0.05) is 0 Å². The molecule has 2 N–H and O–H groups in total. The fourth-order valence-corrected chi connectivity index (χ4v) is 2.46. The third-order valence-electron chi connectivity index (χ3n) is 3.63. The first kappa shape index (κ1) is 17.0. The van der Waals surface area contributed by atoms with Crippen LogP contribution in [0.15, 0.2) is 47.6 Å². The highest BCUT2D eigenvalue weighted by atomic mass is 32.1. The molecule has 0 saturated heterocycles. The van der Waals surface area contributed by atoms with Crippen LogP contribution in [-0.4, -0.2) is 31.1 Å². The second-order valence-corrected chi connectivity index (χ2v) is 5.76. The van der Waals surface area contributed by atoms with Crippen molar-refractivity contribution in [3.8, 4) is 17.2 Å². The van der Waals surface area contributed by atoms with Gasteiger partial charge < -0.3 is 19.5 Å². The lowest BCUT2D eigenvalue weighted by Crippen LogP contribution is -2.25. The van der Waals surface area contributed by atoms with Gasteiger partial charge in [-0.05, 0) is 61.6 Å². The molecule has 0 fully saturated rings. The summed E-state index contributed by atoms with van der Waals surface area (Å²) in [5, 5.41) is 7.78. The zero-order valence-corrected chi connectivity index (χ0v) is 14.9. The summed E-state index contributed by atoms with van der Waals surface area (Å²) in [7, 11) is 1.63. The van der Waals surface area contributed by atoms with E-state index in [1.807, 2.05) is 49.4 Å². The Morgan fingerprint density at radius 2 is 1.80 bits per heavy atom. The van der Waals surface area contributed by atoms with Crippen LogP contribution in [-0.2, 0) is 0 Å². The second kappa shape index (κ2) is 7.85. The van der Waals surface area contributed by atoms with E-state index in [9.17, 15) is 0 Å². The van der Waals surface area contributed by atoms with Crippen molar-refractivity contribution >= 4 is 28.7 Å². The van der Waals surface area contributed by atoms with Gasteiger partial charge in [0.2, 0.25) is 0 Å². The largest absolute Gasteiger partial charge is 0.497 e. The summed E-state index contributed by atoms with van der Waals surface area (Å²) < 4.78 is 16.2. The molecule has 2 aromatic rings. The Balaban J connectivity index is 1.61. The minimum Gasteiger partial charge on any atom is -0.497 e. The van der Waals surface area contributed by atoms with Crippen molar-refractivity contribution in [2.24, 2.45) is 5.10 Å². The van der Waals surface area contributed by atoms with Crippen molar-refractivity contribution in [3.63, 3.8) is 0 Å². The third kappa shape index (κ3) is 4.39. The normalized spacial score (nSPS) is 13.1. The Bertz CT molecular complexity index is 791. The van der Waals surface area contributed by atoms with E-state index < -0.39 is 0 Å². The van der Waals surface area contributed by atoms with Gasteiger partial charge in [-0.15, -0.1) is 0 Å². The molecule has 6 nitrogen and oxygen atoms in total. The number of benzene rings is 2. The average molecular weight is 357 g/mol. The van der Waals surface area contributed by atoms with Gasteiger partial charge in [0.1, 0.15) is 19.0 Å². The van der Waals surface area contributed by atoms with Crippen LogP contribution in [0.2, 0.25) is 0 Å². The number of nitrogens with one attached hydrogen (secondary N) is 2. The summed E-state index contributed by atoms with van der Waals surface area (Å²) in [5.74, 6) is 2.28. The van der Waals surface area contributed by atoms with Crippen LogP contribution >= 0.6 is 12.2 Å². The Labute approximate surface area is 151 Å². The number of ether oxygens (including phenoxy) is 3. The lowest BCUT2D eigenvalue weighted by atomic mass is 10.1. The van der Waals surface area contributed by atoms with Crippen LogP contribution in [0.3, 0.4) is 0 Å². The number of anilines is 1. The van der Waals surface area contributed by atoms with Crippen molar-refractivity contribution in [1.82, 2.24) is 5.43 Å². The molecule has 1 aliphatic heterocycles. The number of thiocarbonyl (C=S) groups is 1. The Hall–Kier alpha value is -2.80. The molecule has 0 bridgehead atoms. The number of rotatable bonds is 4. The highest BCUT2D eigenvalue weighted by Gasteiger charge is 2.12. The van der Waals surface area contributed by atoms with Crippen molar-refractivity contribution in [1.29, 1.82) is 0 Å². The second-order valence-electron chi connectivity index (χ2n) is 5.35. The van der Waals surface area contributed by atoms with Gasteiger partial charge in [-0.25, -0.2) is 0 Å². The van der Waals surface area contributed by atoms with Crippen molar-refractivity contribution in [2.75, 3.05) is 25.6 Å². The Morgan fingerprint density at radius 1 is 1.08 bits per heavy atom. The first-order chi connectivity index (χ1) is 12.2. The van der Waals surface area contributed by atoms with E-state index >= 15 is 0 Å². The third-order valence-corrected chi connectivity index (χ3v) is 3.83. The van der Waals surface area contributed by atoms with Crippen LogP contribution in [0, 0.1) is 0 Å². The smallest absolute Gasteiger partial charge is 0.191 e. The molecule has 0 saturated carbocycles. The molecule has 0 spiro atoms. The van der Waals surface area contributed by atoms with Crippen LogP contribution < -0.4 is 25.0 Å². The maximum absolute atomic E-state index is 5.59. The van der Waals surface area contributed by atoms with Crippen molar-refractivity contribution in [2.45, 2.75) is 6.92 Å². The fraction of sp³-hybridized carbons (Fsp3) is 0.222. The van der Waals surface area contributed by atoms with Crippen molar-refractivity contribution < 1.29 is 14.2 Å². The molecule has 25 heavy (non-hydrogen) atoms. The van der Waals surface area contributed by atoms with Gasteiger partial charge >= 0.3 is 0 Å². The van der Waals surface area contributed by atoms with E-state index in [4.69, 9.17) is 26.4 Å². The molecule has 1 heterocycles. The zero-order valence-electron chi connectivity index (χ0n) is 14.0. The number of fused-ring (bicyclic) bond motifs is 1. The summed E-state index contributed by atoms with van der Waals surface area (Å²) in [4.78, 5) is 0. The van der Waals surface area contributed by atoms with Gasteiger partial charge in [-0.3, -0.25) is 5.43 Å². The van der Waals surface area contributed by atoms with Crippen molar-refractivity contribution in [3.05, 3.63) is 48.0 Å². The first-order valence-corrected chi connectivity index (χ1v) is 8.22. The Morgan fingerprint density at radius 3 is 2.52 bits per heavy atom. The monoisotopic (exact) mass is 357 g/mol. The van der Waals surface area contributed by atoms with Crippen LogP contribution in [0.4, 0.5) is 5.69 Å². The minimum atomic E-state index is 0.405. The molecular weight excluding hydrogens is 338 g/mol. The van der Waals surface area contributed by atoms with Gasteiger partial charge in [0.15, 0.2) is 16.6 Å². The summed E-state index contributed by atoms with van der Waals surface area (Å²) >= 11 is 5.26. The molecule has 0 aromatic heterocycles. The highest BCUT2D eigenvalue weighted by Crippen LogP contribution is 2.30. The summed E-state index contributed by atoms with van der Waals surface area (Å²) in [5.41, 5.74) is 5.42. The SMILES string of the molecule is COc1ccc(NC(=S)N/N=C(\C)c2ccc3c(c2)OCCO3)cc1. The topological polar surface area (TPSA) is 64.1 Å². The van der Waals surface area contributed by atoms with Crippen LogP contribution in [0.5, 0.6) is 17.2 Å². The van der Waals surface area contributed by atoms with Gasteiger partial charge in [0.25, 0.3) is 0 Å². The van der Waals surface area contributed by atoms with E-state index in [1.165, 1.54) is 0 Å². The number of hydrogen-bond donors (Lipinski definition) is 2. The number of hydrogen-bond acceptors (Lipinski definition) is 5. The van der Waals surface area contributed by atoms with Gasteiger partial charge in [0, 0.05) is 11.3 Å². The number of hydrazone groups is 1. The highest BCUT2D eigenvalue weighted by molar-refractivity contribution is 7.80.